The van der Waals surface area contributed by atoms with Gasteiger partial charge < -0.3 is 15.4 Å². The molecule has 0 bridgehead atoms. The molecule has 5 nitrogen and oxygen atoms in total. The van der Waals surface area contributed by atoms with Gasteiger partial charge in [0.2, 0.25) is 5.91 Å². The lowest BCUT2D eigenvalue weighted by molar-refractivity contribution is -0.127. The Labute approximate surface area is 123 Å². The first-order chi connectivity index (χ1) is 9.00. The van der Waals surface area contributed by atoms with E-state index in [0.29, 0.717) is 28.2 Å². The van der Waals surface area contributed by atoms with Crippen molar-refractivity contribution in [2.75, 3.05) is 19.8 Å². The lowest BCUT2D eigenvalue weighted by atomic mass is 10.1. The number of carbonyl (C=O) groups excluding carboxylic acids is 2. The molecule has 1 atom stereocenters. The van der Waals surface area contributed by atoms with Crippen LogP contribution < -0.4 is 5.73 Å². The highest BCUT2D eigenvalue weighted by Crippen LogP contribution is 2.24. The summed E-state index contributed by atoms with van der Waals surface area (Å²) in [5, 5.41) is 0.454. The second-order valence-electron chi connectivity index (χ2n) is 4.12. The number of nitrogens with two attached hydrogens (primary N) is 1. The molecule has 0 saturated carbocycles. The number of ether oxygens (including phenoxy) is 1. The number of amides is 2. The summed E-state index contributed by atoms with van der Waals surface area (Å²) in [6.45, 7) is 0.832. The van der Waals surface area contributed by atoms with Gasteiger partial charge in [-0.25, -0.2) is 0 Å². The summed E-state index contributed by atoms with van der Waals surface area (Å²) in [6, 6.07) is 4.18. The Kier molecular flexibility index (Phi) is 4.44. The Morgan fingerprint density at radius 2 is 2.21 bits per heavy atom. The summed E-state index contributed by atoms with van der Waals surface area (Å²) >= 11 is 9.19. The number of carbonyl (C=O) groups is 2. The number of morpholine rings is 1. The second kappa shape index (κ2) is 5.90. The molecule has 2 N–H and O–H groups in total. The summed E-state index contributed by atoms with van der Waals surface area (Å²) < 4.78 is 5.80. The summed E-state index contributed by atoms with van der Waals surface area (Å²) in [6.07, 6.45) is 0. The maximum absolute atomic E-state index is 12.5. The van der Waals surface area contributed by atoms with Crippen LogP contribution in [0.4, 0.5) is 0 Å². The first kappa shape index (κ1) is 14.3. The van der Waals surface area contributed by atoms with Crippen molar-refractivity contribution in [3.63, 3.8) is 0 Å². The Hall–Kier alpha value is -1.11. The van der Waals surface area contributed by atoms with Gasteiger partial charge in [0, 0.05) is 16.0 Å². The van der Waals surface area contributed by atoms with Gasteiger partial charge in [-0.05, 0) is 34.1 Å². The molecule has 0 aliphatic carbocycles. The predicted octanol–water partition coefficient (Wildman–Crippen LogP) is 1.43. The SMILES string of the molecule is NC(=O)C1COCCN1C(=O)c1cc(Cl)ccc1Br. The molecule has 1 aromatic carbocycles. The largest absolute Gasteiger partial charge is 0.377 e. The van der Waals surface area contributed by atoms with Crippen LogP contribution in [0.3, 0.4) is 0 Å². The quantitative estimate of drug-likeness (QED) is 0.879. The Morgan fingerprint density at radius 3 is 2.89 bits per heavy atom. The van der Waals surface area contributed by atoms with E-state index in [-0.39, 0.29) is 12.5 Å². The number of hydrogen-bond acceptors (Lipinski definition) is 3. The van der Waals surface area contributed by atoms with Crippen molar-refractivity contribution in [3.05, 3.63) is 33.3 Å². The van der Waals surface area contributed by atoms with Crippen molar-refractivity contribution < 1.29 is 14.3 Å². The zero-order valence-electron chi connectivity index (χ0n) is 9.94. The molecule has 2 amide bonds. The number of hydrogen-bond donors (Lipinski definition) is 1. The number of nitrogens with zero attached hydrogens (tertiary/aromatic N) is 1. The predicted molar refractivity (Wildman–Crippen MR) is 74.0 cm³/mol. The molecule has 2 rings (SSSR count). The second-order valence-corrected chi connectivity index (χ2v) is 5.41. The molecule has 1 heterocycles. The fourth-order valence-electron chi connectivity index (χ4n) is 1.90. The van der Waals surface area contributed by atoms with Crippen LogP contribution in [0.5, 0.6) is 0 Å². The monoisotopic (exact) mass is 346 g/mol. The van der Waals surface area contributed by atoms with Crippen molar-refractivity contribution in [3.8, 4) is 0 Å². The summed E-state index contributed by atoms with van der Waals surface area (Å²) in [5.41, 5.74) is 5.69. The zero-order chi connectivity index (χ0) is 14.0. The molecule has 0 spiro atoms. The van der Waals surface area contributed by atoms with Gasteiger partial charge in [-0.15, -0.1) is 0 Å². The summed E-state index contributed by atoms with van der Waals surface area (Å²) in [5.74, 6) is -0.868. The highest BCUT2D eigenvalue weighted by molar-refractivity contribution is 9.10. The molecule has 1 unspecified atom stereocenters. The maximum Gasteiger partial charge on any atom is 0.255 e. The normalized spacial score (nSPS) is 19.3. The number of primary amides is 1. The molecule has 7 heteroatoms. The Morgan fingerprint density at radius 1 is 1.47 bits per heavy atom. The van der Waals surface area contributed by atoms with E-state index < -0.39 is 11.9 Å². The average molecular weight is 348 g/mol. The van der Waals surface area contributed by atoms with Gasteiger partial charge in [-0.3, -0.25) is 9.59 Å². The van der Waals surface area contributed by atoms with Gasteiger partial charge in [0.25, 0.3) is 5.91 Å². The minimum atomic E-state index is -0.743. The van der Waals surface area contributed by atoms with Crippen molar-refractivity contribution in [2.24, 2.45) is 5.73 Å². The fourth-order valence-corrected chi connectivity index (χ4v) is 2.49. The third kappa shape index (κ3) is 3.08. The minimum absolute atomic E-state index is 0.124. The fraction of sp³-hybridized carbons (Fsp3) is 0.333. The molecule has 1 aliphatic heterocycles. The van der Waals surface area contributed by atoms with Crippen LogP contribution in [0.1, 0.15) is 10.4 Å². The van der Waals surface area contributed by atoms with E-state index in [4.69, 9.17) is 22.1 Å². The van der Waals surface area contributed by atoms with Gasteiger partial charge in [-0.1, -0.05) is 11.6 Å². The van der Waals surface area contributed by atoms with Gasteiger partial charge in [0.1, 0.15) is 6.04 Å². The van der Waals surface area contributed by atoms with E-state index in [1.54, 1.807) is 18.2 Å². The van der Waals surface area contributed by atoms with E-state index >= 15 is 0 Å². The van der Waals surface area contributed by atoms with Gasteiger partial charge in [0.05, 0.1) is 18.8 Å². The van der Waals surface area contributed by atoms with Crippen LogP contribution in [-0.2, 0) is 9.53 Å². The van der Waals surface area contributed by atoms with Crippen LogP contribution in [0.25, 0.3) is 0 Å². The molecule has 0 radical (unpaired) electrons. The van der Waals surface area contributed by atoms with Crippen LogP contribution in [0.2, 0.25) is 5.02 Å². The lowest BCUT2D eigenvalue weighted by Gasteiger charge is -2.33. The Balaban J connectivity index is 2.31. The third-order valence-electron chi connectivity index (χ3n) is 2.88. The molecule has 1 fully saturated rings. The van der Waals surface area contributed by atoms with Crippen molar-refractivity contribution in [1.82, 2.24) is 4.90 Å². The van der Waals surface area contributed by atoms with E-state index in [0.717, 1.165) is 0 Å². The van der Waals surface area contributed by atoms with Crippen LogP contribution in [0, 0.1) is 0 Å². The van der Waals surface area contributed by atoms with Crippen LogP contribution >= 0.6 is 27.5 Å². The first-order valence-corrected chi connectivity index (χ1v) is 6.81. The molecule has 1 aliphatic rings. The van der Waals surface area contributed by atoms with Crippen LogP contribution in [0.15, 0.2) is 22.7 Å². The minimum Gasteiger partial charge on any atom is -0.377 e. The van der Waals surface area contributed by atoms with Crippen LogP contribution in [-0.4, -0.2) is 42.5 Å². The number of rotatable bonds is 2. The average Bonchev–Trinajstić information content (AvgIpc) is 2.40. The van der Waals surface area contributed by atoms with Crippen molar-refractivity contribution in [2.45, 2.75) is 6.04 Å². The van der Waals surface area contributed by atoms with E-state index in [9.17, 15) is 9.59 Å². The topological polar surface area (TPSA) is 72.6 Å². The van der Waals surface area contributed by atoms with Crippen molar-refractivity contribution in [1.29, 1.82) is 0 Å². The summed E-state index contributed by atoms with van der Waals surface area (Å²) in [7, 11) is 0. The van der Waals surface area contributed by atoms with Gasteiger partial charge >= 0.3 is 0 Å². The molecular formula is C12H12BrClN2O3. The highest BCUT2D eigenvalue weighted by atomic mass is 79.9. The highest BCUT2D eigenvalue weighted by Gasteiger charge is 2.32. The third-order valence-corrected chi connectivity index (χ3v) is 3.80. The number of benzene rings is 1. The standard InChI is InChI=1S/C12H12BrClN2O3/c13-9-2-1-7(14)5-8(9)12(18)16-3-4-19-6-10(16)11(15)17/h1-2,5,10H,3-4,6H2,(H2,15,17). The molecule has 102 valence electrons. The zero-order valence-corrected chi connectivity index (χ0v) is 12.3. The molecule has 1 saturated heterocycles. The van der Waals surface area contributed by atoms with E-state index in [1.165, 1.54) is 4.90 Å². The maximum atomic E-state index is 12.5. The van der Waals surface area contributed by atoms with E-state index in [1.807, 2.05) is 0 Å². The first-order valence-electron chi connectivity index (χ1n) is 5.64. The number of halogens is 2. The smallest absolute Gasteiger partial charge is 0.255 e. The lowest BCUT2D eigenvalue weighted by Crippen LogP contribution is -2.54. The molecule has 19 heavy (non-hydrogen) atoms. The van der Waals surface area contributed by atoms with Crippen molar-refractivity contribution >= 4 is 39.3 Å². The van der Waals surface area contributed by atoms with E-state index in [2.05, 4.69) is 15.9 Å². The Bertz CT molecular complexity index is 524. The molecule has 0 aromatic heterocycles. The molecule has 1 aromatic rings. The molecular weight excluding hydrogens is 336 g/mol. The summed E-state index contributed by atoms with van der Waals surface area (Å²) in [4.78, 5) is 25.2. The van der Waals surface area contributed by atoms with Gasteiger partial charge in [-0.2, -0.15) is 0 Å². The van der Waals surface area contributed by atoms with Gasteiger partial charge in [0.15, 0.2) is 0 Å².